The quantitative estimate of drug-likeness (QED) is 0.512. The van der Waals surface area contributed by atoms with Gasteiger partial charge in [-0.1, -0.05) is 30.5 Å². The molecule has 3 aromatic rings. The summed E-state index contributed by atoms with van der Waals surface area (Å²) in [6.45, 7) is 3.29. The van der Waals surface area contributed by atoms with E-state index in [0.717, 1.165) is 37.3 Å². The molecule has 0 N–H and O–H groups in total. The highest BCUT2D eigenvalue weighted by Crippen LogP contribution is 2.27. The Morgan fingerprint density at radius 3 is 2.42 bits per heavy atom. The van der Waals surface area contributed by atoms with Crippen molar-refractivity contribution in [2.24, 2.45) is 0 Å². The molecule has 170 valence electrons. The number of hydrogen-bond donors (Lipinski definition) is 0. The highest BCUT2D eigenvalue weighted by atomic mass is 35.5. The predicted octanol–water partition coefficient (Wildman–Crippen LogP) is 4.38. The molecule has 0 bridgehead atoms. The second-order valence-electron chi connectivity index (χ2n) is 8.02. The average molecular weight is 483 g/mol. The van der Waals surface area contributed by atoms with Gasteiger partial charge < -0.3 is 4.90 Å². The molecule has 4 rings (SSSR count). The summed E-state index contributed by atoms with van der Waals surface area (Å²) in [5.41, 5.74) is 1.02. The van der Waals surface area contributed by atoms with Crippen molar-refractivity contribution < 1.29 is 8.42 Å². The van der Waals surface area contributed by atoms with Crippen LogP contribution in [0.3, 0.4) is 0 Å². The summed E-state index contributed by atoms with van der Waals surface area (Å²) in [6.07, 6.45) is 6.83. The standard InChI is InChI=1S/C24H23ClN4O3S/c1-17-7-6-14-29-22(17)27-23(28-12-4-2-3-5-13-28)21(24(29)30)15-20(16-26)33(31,32)19-10-8-18(25)9-11-19/h6-11,14-15H,2-5,12-13H2,1H3. The third kappa shape index (κ3) is 4.52. The van der Waals surface area contributed by atoms with Crippen molar-refractivity contribution in [1.82, 2.24) is 9.38 Å². The average Bonchev–Trinajstić information content (AvgIpc) is 3.08. The van der Waals surface area contributed by atoms with Crippen molar-refractivity contribution in [2.75, 3.05) is 18.0 Å². The molecular weight excluding hydrogens is 460 g/mol. The zero-order valence-corrected chi connectivity index (χ0v) is 19.7. The fraction of sp³-hybridized carbons (Fsp3) is 0.292. The van der Waals surface area contributed by atoms with E-state index in [1.165, 1.54) is 28.7 Å². The molecule has 9 heteroatoms. The number of pyridine rings is 1. The van der Waals surface area contributed by atoms with E-state index in [9.17, 15) is 18.5 Å². The summed E-state index contributed by atoms with van der Waals surface area (Å²) >= 11 is 5.88. The Kier molecular flexibility index (Phi) is 6.54. The number of benzene rings is 1. The van der Waals surface area contributed by atoms with Crippen molar-refractivity contribution in [3.8, 4) is 6.07 Å². The van der Waals surface area contributed by atoms with Gasteiger partial charge in [0.1, 0.15) is 22.4 Å². The number of aryl methyl sites for hydroxylation is 1. The van der Waals surface area contributed by atoms with E-state index >= 15 is 0 Å². The molecule has 0 radical (unpaired) electrons. The van der Waals surface area contributed by atoms with Crippen LogP contribution in [0.2, 0.25) is 5.02 Å². The Morgan fingerprint density at radius 1 is 1.12 bits per heavy atom. The van der Waals surface area contributed by atoms with Crippen molar-refractivity contribution in [2.45, 2.75) is 37.5 Å². The van der Waals surface area contributed by atoms with Crippen LogP contribution in [-0.4, -0.2) is 30.9 Å². The fourth-order valence-corrected chi connectivity index (χ4v) is 5.26. The van der Waals surface area contributed by atoms with E-state index < -0.39 is 20.3 Å². The van der Waals surface area contributed by atoms with Crippen molar-refractivity contribution >= 4 is 39.0 Å². The lowest BCUT2D eigenvalue weighted by atomic mass is 10.2. The summed E-state index contributed by atoms with van der Waals surface area (Å²) in [4.78, 5) is 19.7. The lowest BCUT2D eigenvalue weighted by molar-refractivity contribution is 0.603. The molecule has 0 spiro atoms. The van der Waals surface area contributed by atoms with Crippen LogP contribution in [0.15, 0.2) is 57.2 Å². The minimum Gasteiger partial charge on any atom is -0.356 e. The third-order valence-corrected chi connectivity index (χ3v) is 7.70. The highest BCUT2D eigenvalue weighted by Gasteiger charge is 2.25. The summed E-state index contributed by atoms with van der Waals surface area (Å²) in [5, 5.41) is 10.1. The fourth-order valence-electron chi connectivity index (χ4n) is 3.99. The molecule has 1 fully saturated rings. The number of nitriles is 1. The Labute approximate surface area is 197 Å². The molecular formula is C24H23ClN4O3S. The molecule has 1 aromatic carbocycles. The zero-order chi connectivity index (χ0) is 23.6. The number of halogens is 1. The first-order valence-electron chi connectivity index (χ1n) is 10.7. The van der Waals surface area contributed by atoms with Crippen LogP contribution < -0.4 is 10.5 Å². The van der Waals surface area contributed by atoms with E-state index in [-0.39, 0.29) is 10.5 Å². The van der Waals surface area contributed by atoms with Gasteiger partial charge in [-0.15, -0.1) is 0 Å². The molecule has 0 amide bonds. The van der Waals surface area contributed by atoms with E-state index in [0.29, 0.717) is 29.6 Å². The first-order chi connectivity index (χ1) is 15.8. The third-order valence-electron chi connectivity index (χ3n) is 5.77. The maximum Gasteiger partial charge on any atom is 0.267 e. The van der Waals surface area contributed by atoms with Crippen LogP contribution in [0.25, 0.3) is 11.7 Å². The number of hydrogen-bond acceptors (Lipinski definition) is 6. The van der Waals surface area contributed by atoms with Gasteiger partial charge in [-0.05, 0) is 61.7 Å². The number of sulfone groups is 1. The molecule has 1 saturated heterocycles. The minimum absolute atomic E-state index is 0.0688. The number of aromatic nitrogens is 2. The summed E-state index contributed by atoms with van der Waals surface area (Å²) < 4.78 is 27.7. The molecule has 0 atom stereocenters. The van der Waals surface area contributed by atoms with Crippen LogP contribution in [0.1, 0.15) is 36.8 Å². The monoisotopic (exact) mass is 482 g/mol. The number of nitrogens with zero attached hydrogens (tertiary/aromatic N) is 4. The maximum atomic E-state index is 13.5. The molecule has 3 heterocycles. The maximum absolute atomic E-state index is 13.5. The van der Waals surface area contributed by atoms with Gasteiger partial charge in [0.15, 0.2) is 0 Å². The topological polar surface area (TPSA) is 95.5 Å². The number of allylic oxidation sites excluding steroid dienone is 1. The molecule has 1 aliphatic rings. The van der Waals surface area contributed by atoms with E-state index in [1.807, 2.05) is 17.9 Å². The summed E-state index contributed by atoms with van der Waals surface area (Å²) in [7, 11) is -4.15. The first kappa shape index (κ1) is 23.0. The lowest BCUT2D eigenvalue weighted by Gasteiger charge is -2.24. The van der Waals surface area contributed by atoms with Crippen molar-refractivity contribution in [3.05, 3.63) is 74.0 Å². The van der Waals surface area contributed by atoms with E-state index in [1.54, 1.807) is 18.3 Å². The van der Waals surface area contributed by atoms with Gasteiger partial charge in [0.2, 0.25) is 9.84 Å². The molecule has 2 aromatic heterocycles. The van der Waals surface area contributed by atoms with Crippen LogP contribution >= 0.6 is 11.6 Å². The van der Waals surface area contributed by atoms with E-state index in [4.69, 9.17) is 16.6 Å². The molecule has 33 heavy (non-hydrogen) atoms. The zero-order valence-electron chi connectivity index (χ0n) is 18.2. The molecule has 0 aliphatic carbocycles. The van der Waals surface area contributed by atoms with Gasteiger partial charge >= 0.3 is 0 Å². The van der Waals surface area contributed by atoms with Crippen LogP contribution in [0.4, 0.5) is 5.82 Å². The second kappa shape index (κ2) is 9.38. The molecule has 0 unspecified atom stereocenters. The highest BCUT2D eigenvalue weighted by molar-refractivity contribution is 7.95. The van der Waals surface area contributed by atoms with Gasteiger partial charge in [0.25, 0.3) is 5.56 Å². The van der Waals surface area contributed by atoms with Crippen molar-refractivity contribution in [1.29, 1.82) is 5.26 Å². The number of fused-ring (bicyclic) bond motifs is 1. The largest absolute Gasteiger partial charge is 0.356 e. The van der Waals surface area contributed by atoms with Gasteiger partial charge in [-0.3, -0.25) is 9.20 Å². The Hall–Kier alpha value is -3.15. The first-order valence-corrected chi connectivity index (χ1v) is 12.6. The second-order valence-corrected chi connectivity index (χ2v) is 10.4. The summed E-state index contributed by atoms with van der Waals surface area (Å²) in [6, 6.07) is 11.0. The number of rotatable bonds is 4. The Morgan fingerprint density at radius 2 is 1.79 bits per heavy atom. The van der Waals surface area contributed by atoms with Crippen LogP contribution in [0.5, 0.6) is 0 Å². The van der Waals surface area contributed by atoms with E-state index in [2.05, 4.69) is 0 Å². The Balaban J connectivity index is 1.96. The van der Waals surface area contributed by atoms with Crippen LogP contribution in [0, 0.1) is 18.3 Å². The van der Waals surface area contributed by atoms with Crippen molar-refractivity contribution in [3.63, 3.8) is 0 Å². The normalized spacial score (nSPS) is 15.3. The Bertz CT molecular complexity index is 1430. The number of anilines is 1. The smallest absolute Gasteiger partial charge is 0.267 e. The molecule has 7 nitrogen and oxygen atoms in total. The van der Waals surface area contributed by atoms with Gasteiger partial charge in [0.05, 0.1) is 10.5 Å². The van der Waals surface area contributed by atoms with Gasteiger partial charge in [0, 0.05) is 24.3 Å². The van der Waals surface area contributed by atoms with Gasteiger partial charge in [-0.2, -0.15) is 5.26 Å². The summed E-state index contributed by atoms with van der Waals surface area (Å²) in [5.74, 6) is 0.412. The molecule has 1 aliphatic heterocycles. The minimum atomic E-state index is -4.15. The molecule has 0 saturated carbocycles. The van der Waals surface area contributed by atoms with Crippen LogP contribution in [-0.2, 0) is 9.84 Å². The SMILES string of the molecule is Cc1cccn2c(=O)c(C=C(C#N)S(=O)(=O)c3ccc(Cl)cc3)c(N3CCCCCC3)nc12. The predicted molar refractivity (Wildman–Crippen MR) is 129 cm³/mol. The van der Waals surface area contributed by atoms with Gasteiger partial charge in [-0.25, -0.2) is 13.4 Å². The lowest BCUT2D eigenvalue weighted by Crippen LogP contribution is -2.30.